The molecule has 3 amide bonds. The summed E-state index contributed by atoms with van der Waals surface area (Å²) >= 11 is 6.14. The van der Waals surface area contributed by atoms with Crippen molar-refractivity contribution in [1.82, 2.24) is 4.90 Å². The van der Waals surface area contributed by atoms with Crippen molar-refractivity contribution < 1.29 is 38.6 Å². The van der Waals surface area contributed by atoms with Gasteiger partial charge in [0, 0.05) is 35.8 Å². The van der Waals surface area contributed by atoms with Crippen molar-refractivity contribution in [2.45, 2.75) is 142 Å². The summed E-state index contributed by atoms with van der Waals surface area (Å²) in [7, 11) is 2.84. The molecule has 55 heavy (non-hydrogen) atoms. The first-order valence-electron chi connectivity index (χ1n) is 20.1. The van der Waals surface area contributed by atoms with Gasteiger partial charge in [0.05, 0.1) is 37.8 Å². The summed E-state index contributed by atoms with van der Waals surface area (Å²) in [5.74, 6) is -3.15. The van der Waals surface area contributed by atoms with Crippen molar-refractivity contribution in [3.8, 4) is 11.5 Å². The zero-order chi connectivity index (χ0) is 40.6. The van der Waals surface area contributed by atoms with E-state index in [4.69, 9.17) is 21.1 Å². The smallest absolute Gasteiger partial charge is 0.326 e. The Bertz CT molecular complexity index is 1510. The van der Waals surface area contributed by atoms with E-state index in [2.05, 4.69) is 17.6 Å². The maximum absolute atomic E-state index is 13.4. The van der Waals surface area contributed by atoms with Crippen LogP contribution in [0.25, 0.3) is 0 Å². The number of halogens is 1. The largest absolute Gasteiger partial charge is 0.495 e. The Morgan fingerprint density at radius 2 is 1.31 bits per heavy atom. The highest BCUT2D eigenvalue weighted by molar-refractivity contribution is 6.32. The number of nitrogens with one attached hydrogen (secondary N) is 2. The lowest BCUT2D eigenvalue weighted by Gasteiger charge is -2.25. The van der Waals surface area contributed by atoms with Crippen molar-refractivity contribution in [1.29, 1.82) is 0 Å². The number of Topliss-reactive ketones (excluding diaryl/α,β-unsaturated/α-hetero) is 1. The van der Waals surface area contributed by atoms with Gasteiger partial charge in [0.1, 0.15) is 17.5 Å². The number of carboxylic acid groups (broad SMARTS) is 1. The summed E-state index contributed by atoms with van der Waals surface area (Å²) < 4.78 is 10.5. The number of carbonyl (C=O) groups is 5. The van der Waals surface area contributed by atoms with Crippen LogP contribution in [0.2, 0.25) is 5.02 Å². The van der Waals surface area contributed by atoms with Crippen LogP contribution >= 0.6 is 11.6 Å². The van der Waals surface area contributed by atoms with Crippen LogP contribution in [0.3, 0.4) is 0 Å². The van der Waals surface area contributed by atoms with Gasteiger partial charge in [-0.3, -0.25) is 24.1 Å². The lowest BCUT2D eigenvalue weighted by molar-refractivity contribution is -0.149. The van der Waals surface area contributed by atoms with Gasteiger partial charge < -0.3 is 25.2 Å². The number of rotatable bonds is 29. The van der Waals surface area contributed by atoms with Crippen LogP contribution in [0.4, 0.5) is 11.4 Å². The van der Waals surface area contributed by atoms with Gasteiger partial charge in [-0.25, -0.2) is 4.79 Å². The van der Waals surface area contributed by atoms with Crippen LogP contribution in [-0.4, -0.2) is 66.3 Å². The number of unbranched alkanes of at least 4 members (excludes halogenated alkanes) is 15. The SMILES string of the molecule is CCCCCCCCCCCCCCCCCCN(C(=O)C[C@@H](Nc1cccc(C(=O)CC(=O)Nc2cc(OC)c(Cl)cc2OC)c1)C(=O)O)C(=O)C(C)C. The zero-order valence-corrected chi connectivity index (χ0v) is 34.4. The number of ketones is 1. The molecule has 12 heteroatoms. The highest BCUT2D eigenvalue weighted by Crippen LogP contribution is 2.36. The van der Waals surface area contributed by atoms with Crippen LogP contribution in [0.5, 0.6) is 11.5 Å². The average Bonchev–Trinajstić information content (AvgIpc) is 3.15. The third kappa shape index (κ3) is 17.9. The number of carbonyl (C=O) groups excluding carboxylic acids is 4. The first-order valence-corrected chi connectivity index (χ1v) is 20.5. The number of ether oxygens (including phenoxy) is 2. The molecular weight excluding hydrogens is 722 g/mol. The molecule has 3 N–H and O–H groups in total. The monoisotopic (exact) mass is 785 g/mol. The number of aliphatic carboxylic acids is 1. The van der Waals surface area contributed by atoms with E-state index in [9.17, 15) is 29.1 Å². The van der Waals surface area contributed by atoms with Gasteiger partial charge in [-0.15, -0.1) is 0 Å². The molecule has 0 aliphatic carbocycles. The molecule has 306 valence electrons. The fourth-order valence-corrected chi connectivity index (χ4v) is 6.59. The lowest BCUT2D eigenvalue weighted by atomic mass is 10.0. The molecule has 0 aliphatic heterocycles. The van der Waals surface area contributed by atoms with Crippen molar-refractivity contribution in [3.63, 3.8) is 0 Å². The second-order valence-electron chi connectivity index (χ2n) is 14.5. The van der Waals surface area contributed by atoms with Crippen LogP contribution in [-0.2, 0) is 19.2 Å². The van der Waals surface area contributed by atoms with Crippen LogP contribution < -0.4 is 20.1 Å². The second-order valence-corrected chi connectivity index (χ2v) is 14.9. The topological polar surface area (TPSA) is 151 Å². The molecule has 1 atom stereocenters. The molecular formula is C43H64ClN3O8. The van der Waals surface area contributed by atoms with E-state index < -0.39 is 48.4 Å². The molecule has 0 spiro atoms. The molecule has 0 fully saturated rings. The Hall–Kier alpha value is -4.12. The van der Waals surface area contributed by atoms with Crippen molar-refractivity contribution in [3.05, 3.63) is 47.0 Å². The van der Waals surface area contributed by atoms with E-state index in [0.717, 1.165) is 19.3 Å². The number of anilines is 2. The molecule has 0 aromatic heterocycles. The second kappa shape index (κ2) is 26.6. The summed E-state index contributed by atoms with van der Waals surface area (Å²) in [5, 5.41) is 15.7. The third-order valence-electron chi connectivity index (χ3n) is 9.57. The van der Waals surface area contributed by atoms with Crippen LogP contribution in [0.1, 0.15) is 147 Å². The number of hydrogen-bond donors (Lipinski definition) is 3. The van der Waals surface area contributed by atoms with E-state index in [-0.39, 0.29) is 40.2 Å². The van der Waals surface area contributed by atoms with E-state index in [1.807, 2.05) is 0 Å². The Morgan fingerprint density at radius 1 is 0.764 bits per heavy atom. The minimum absolute atomic E-state index is 0.163. The fourth-order valence-electron chi connectivity index (χ4n) is 6.36. The maximum Gasteiger partial charge on any atom is 0.326 e. The maximum atomic E-state index is 13.4. The van der Waals surface area contributed by atoms with Gasteiger partial charge in [-0.1, -0.05) is 141 Å². The number of imide groups is 1. The minimum Gasteiger partial charge on any atom is -0.495 e. The van der Waals surface area contributed by atoms with Gasteiger partial charge in [-0.2, -0.15) is 0 Å². The van der Waals surface area contributed by atoms with Gasteiger partial charge in [0.2, 0.25) is 17.7 Å². The Kier molecular flexibility index (Phi) is 22.8. The number of nitrogens with zero attached hydrogens (tertiary/aromatic N) is 1. The van der Waals surface area contributed by atoms with Crippen LogP contribution in [0, 0.1) is 5.92 Å². The molecule has 0 saturated carbocycles. The minimum atomic E-state index is -1.36. The van der Waals surface area contributed by atoms with Crippen molar-refractivity contribution in [2.24, 2.45) is 5.92 Å². The van der Waals surface area contributed by atoms with E-state index in [1.165, 1.54) is 120 Å². The molecule has 0 aliphatic rings. The number of benzene rings is 2. The first kappa shape index (κ1) is 47.0. The summed E-state index contributed by atoms with van der Waals surface area (Å²) in [4.78, 5) is 65.8. The third-order valence-corrected chi connectivity index (χ3v) is 9.86. The number of carboxylic acids is 1. The number of amides is 3. The molecule has 0 saturated heterocycles. The number of methoxy groups -OCH3 is 2. The molecule has 2 rings (SSSR count). The van der Waals surface area contributed by atoms with Gasteiger partial charge in [0.15, 0.2) is 5.78 Å². The van der Waals surface area contributed by atoms with E-state index in [0.29, 0.717) is 12.2 Å². The van der Waals surface area contributed by atoms with E-state index >= 15 is 0 Å². The molecule has 0 unspecified atom stereocenters. The molecule has 0 bridgehead atoms. The normalized spacial score (nSPS) is 11.5. The predicted molar refractivity (Wildman–Crippen MR) is 219 cm³/mol. The average molecular weight is 786 g/mol. The Labute approximate surface area is 333 Å². The standard InChI is InChI=1S/C43H64ClN3O8/c1-6-7-8-9-10-11-12-13-14-15-16-17-18-19-20-21-25-47(42(51)31(2)3)41(50)29-36(43(52)53)45-33-24-22-23-32(26-33)37(48)30-40(49)46-35-28-38(54-4)34(44)27-39(35)55-5/h22-24,26-28,31,36,45H,6-21,25,29-30H2,1-5H3,(H,46,49)(H,52,53)/t36-/m1/s1. The van der Waals surface area contributed by atoms with Gasteiger partial charge in [0.25, 0.3) is 0 Å². The molecule has 0 radical (unpaired) electrons. The first-order chi connectivity index (χ1) is 26.4. The predicted octanol–water partition coefficient (Wildman–Crippen LogP) is 10.1. The highest BCUT2D eigenvalue weighted by Gasteiger charge is 2.29. The zero-order valence-electron chi connectivity index (χ0n) is 33.7. The van der Waals surface area contributed by atoms with Crippen molar-refractivity contribution in [2.75, 3.05) is 31.4 Å². The van der Waals surface area contributed by atoms with Gasteiger partial charge in [-0.05, 0) is 18.6 Å². The van der Waals surface area contributed by atoms with Crippen LogP contribution in [0.15, 0.2) is 36.4 Å². The summed E-state index contributed by atoms with van der Waals surface area (Å²) in [6.45, 7) is 5.92. The molecule has 11 nitrogen and oxygen atoms in total. The van der Waals surface area contributed by atoms with Crippen molar-refractivity contribution >= 4 is 52.4 Å². The molecule has 0 heterocycles. The Morgan fingerprint density at radius 3 is 1.82 bits per heavy atom. The molecule has 2 aromatic rings. The lowest BCUT2D eigenvalue weighted by Crippen LogP contribution is -2.44. The summed E-state index contributed by atoms with van der Waals surface area (Å²) in [5.41, 5.74) is 0.706. The number of hydrogen-bond acceptors (Lipinski definition) is 8. The highest BCUT2D eigenvalue weighted by atomic mass is 35.5. The quantitative estimate of drug-likeness (QED) is 0.0416. The van der Waals surface area contributed by atoms with E-state index in [1.54, 1.807) is 26.0 Å². The summed E-state index contributed by atoms with van der Waals surface area (Å²) in [6, 6.07) is 7.66. The van der Waals surface area contributed by atoms with Gasteiger partial charge >= 0.3 is 5.97 Å². The molecule has 2 aromatic carbocycles. The fraction of sp³-hybridized carbons (Fsp3) is 0.605. The summed E-state index contributed by atoms with van der Waals surface area (Å²) in [6.07, 6.45) is 18.5. The Balaban J connectivity index is 1.86.